The molecule has 1 atom stereocenters. The monoisotopic (exact) mass is 831 g/mol. The van der Waals surface area contributed by atoms with Crippen LogP contribution in [0.1, 0.15) is 47.7 Å². The van der Waals surface area contributed by atoms with Gasteiger partial charge in [0.25, 0.3) is 0 Å². The van der Waals surface area contributed by atoms with Crippen LogP contribution in [-0.2, 0) is 5.41 Å². The molecule has 2 aliphatic rings. The number of nitrogens with one attached hydrogen (secondary N) is 1. The summed E-state index contributed by atoms with van der Waals surface area (Å²) in [7, 11) is 0. The first-order chi connectivity index (χ1) is 31.9. The third-order valence-corrected chi connectivity index (χ3v) is 13.5. The highest BCUT2D eigenvalue weighted by molar-refractivity contribution is 6.02. The number of fused-ring (bicyclic) bond motifs is 5. The van der Waals surface area contributed by atoms with E-state index in [0.717, 1.165) is 55.7 Å². The molecule has 1 aliphatic heterocycles. The van der Waals surface area contributed by atoms with Gasteiger partial charge in [-0.05, 0) is 121 Å². The molecule has 0 saturated heterocycles. The van der Waals surface area contributed by atoms with Crippen LogP contribution in [-0.4, -0.2) is 9.97 Å². The van der Waals surface area contributed by atoms with E-state index in [1.807, 2.05) is 0 Å². The molecule has 3 nitrogen and oxygen atoms in total. The Labute approximate surface area is 380 Å². The van der Waals surface area contributed by atoms with Gasteiger partial charge in [-0.25, -0.2) is 9.97 Å². The second-order valence-corrected chi connectivity index (χ2v) is 17.8. The van der Waals surface area contributed by atoms with E-state index in [0.29, 0.717) is 5.82 Å². The van der Waals surface area contributed by atoms with E-state index in [2.05, 4.69) is 244 Å². The summed E-state index contributed by atoms with van der Waals surface area (Å²) in [5.74, 6) is 0.691. The quantitative estimate of drug-likeness (QED) is 0.174. The Morgan fingerprint density at radius 3 is 1.75 bits per heavy atom. The van der Waals surface area contributed by atoms with E-state index >= 15 is 0 Å². The Kier molecular flexibility index (Phi) is 9.24. The fourth-order valence-electron chi connectivity index (χ4n) is 10.1. The Hall–Kier alpha value is -8.14. The third-order valence-electron chi connectivity index (χ3n) is 13.5. The number of hydrogen-bond acceptors (Lipinski definition) is 3. The second-order valence-electron chi connectivity index (χ2n) is 17.8. The molecule has 0 saturated carbocycles. The van der Waals surface area contributed by atoms with Crippen molar-refractivity contribution in [3.63, 3.8) is 0 Å². The molecule has 0 spiro atoms. The summed E-state index contributed by atoms with van der Waals surface area (Å²) in [4.78, 5) is 10.9. The molecule has 9 aromatic carbocycles. The maximum Gasteiger partial charge on any atom is 0.161 e. The van der Waals surface area contributed by atoms with Crippen molar-refractivity contribution < 1.29 is 0 Å². The molecule has 1 unspecified atom stereocenters. The molecule has 2 heterocycles. The maximum atomic E-state index is 5.46. The number of rotatable bonds is 7. The summed E-state index contributed by atoms with van der Waals surface area (Å²) in [6.07, 6.45) is 2.43. The first kappa shape index (κ1) is 38.5. The molecule has 3 heteroatoms. The lowest BCUT2D eigenvalue weighted by molar-refractivity contribution is 0.660. The van der Waals surface area contributed by atoms with Gasteiger partial charge in [0.05, 0.1) is 17.4 Å². The van der Waals surface area contributed by atoms with Crippen molar-refractivity contribution in [3.05, 3.63) is 252 Å². The Morgan fingerprint density at radius 2 is 1.00 bits per heavy atom. The maximum absolute atomic E-state index is 5.46. The lowest BCUT2D eigenvalue weighted by Gasteiger charge is -2.30. The van der Waals surface area contributed by atoms with Gasteiger partial charge < -0.3 is 5.32 Å². The van der Waals surface area contributed by atoms with E-state index in [1.54, 1.807) is 0 Å². The normalized spacial score (nSPS) is 14.5. The van der Waals surface area contributed by atoms with Crippen LogP contribution in [0.25, 0.3) is 83.6 Å². The van der Waals surface area contributed by atoms with Crippen molar-refractivity contribution in [3.8, 4) is 67.3 Å². The summed E-state index contributed by atoms with van der Waals surface area (Å²) < 4.78 is 0. The predicted octanol–water partition coefficient (Wildman–Crippen LogP) is 15.9. The lowest BCUT2D eigenvalue weighted by Crippen LogP contribution is -2.18. The Balaban J connectivity index is 1.07. The van der Waals surface area contributed by atoms with Crippen molar-refractivity contribution >= 4 is 22.0 Å². The minimum absolute atomic E-state index is 0.0813. The van der Waals surface area contributed by atoms with Crippen molar-refractivity contribution in [2.45, 2.75) is 25.3 Å². The van der Waals surface area contributed by atoms with E-state index < -0.39 is 0 Å². The molecule has 0 amide bonds. The molecule has 1 N–H and O–H groups in total. The van der Waals surface area contributed by atoms with Gasteiger partial charge in [0, 0.05) is 33.4 Å². The zero-order chi connectivity index (χ0) is 43.5. The minimum Gasteiger partial charge on any atom is -0.374 e. The highest BCUT2D eigenvalue weighted by Gasteiger charge is 2.37. The highest BCUT2D eigenvalue weighted by Crippen LogP contribution is 2.53. The van der Waals surface area contributed by atoms with Crippen LogP contribution in [0.3, 0.4) is 0 Å². The number of anilines is 1. The van der Waals surface area contributed by atoms with Gasteiger partial charge in [0.2, 0.25) is 0 Å². The van der Waals surface area contributed by atoms with Crippen LogP contribution in [0.2, 0.25) is 0 Å². The van der Waals surface area contributed by atoms with E-state index in [-0.39, 0.29) is 11.5 Å². The molecule has 1 aromatic heterocycles. The predicted molar refractivity (Wildman–Crippen MR) is 271 cm³/mol. The largest absolute Gasteiger partial charge is 0.374 e. The van der Waals surface area contributed by atoms with Crippen molar-refractivity contribution in [1.82, 2.24) is 9.97 Å². The third kappa shape index (κ3) is 6.85. The smallest absolute Gasteiger partial charge is 0.161 e. The lowest BCUT2D eigenvalue weighted by atomic mass is 9.80. The number of nitrogens with zero attached hydrogens (tertiary/aromatic N) is 2. The van der Waals surface area contributed by atoms with Gasteiger partial charge in [0.1, 0.15) is 0 Å². The van der Waals surface area contributed by atoms with Gasteiger partial charge in [-0.1, -0.05) is 190 Å². The SMILES string of the molecule is CC1(C)c2ccccc2-c2cc3c(cc21)NC(c1cccc(-c2ccccc2)c1)C=C3c1cc(-c2nc(-c3ccccc3)cc(-c3cccc(-c4ccccc4)c3)n2)c2ccccc2c1. The van der Waals surface area contributed by atoms with Crippen molar-refractivity contribution in [2.24, 2.45) is 0 Å². The van der Waals surface area contributed by atoms with Crippen molar-refractivity contribution in [2.75, 3.05) is 5.32 Å². The summed E-state index contributed by atoms with van der Waals surface area (Å²) in [5.41, 5.74) is 20.6. The van der Waals surface area contributed by atoms with Crippen molar-refractivity contribution in [1.29, 1.82) is 0 Å². The fraction of sp³-hybridized carbons (Fsp3) is 0.0645. The molecule has 10 aromatic rings. The molecule has 1 aliphatic carbocycles. The molecular weight excluding hydrogens is 787 g/mol. The standard InChI is InChI=1S/C62H45N3/c1-62(2)55-31-15-14-30-50(55)52-36-53-51(37-57(63-60(53)38-56(52)62)46-27-16-25-43(32-46)40-18-6-3-7-19-40)48-34-45-24-12-13-29-49(45)54(35-48)61-64-58(42-22-10-5-11-23-42)39-59(65-61)47-28-17-26-44(33-47)41-20-8-4-9-21-41/h3-39,57,63H,1-2H3. The topological polar surface area (TPSA) is 37.8 Å². The van der Waals surface area contributed by atoms with Crippen LogP contribution < -0.4 is 5.32 Å². The van der Waals surface area contributed by atoms with Gasteiger partial charge in [-0.3, -0.25) is 0 Å². The molecule has 0 radical (unpaired) electrons. The van der Waals surface area contributed by atoms with Gasteiger partial charge in [-0.2, -0.15) is 0 Å². The first-order valence-corrected chi connectivity index (χ1v) is 22.5. The fourth-order valence-corrected chi connectivity index (χ4v) is 10.1. The number of aromatic nitrogens is 2. The highest BCUT2D eigenvalue weighted by atomic mass is 14.9. The van der Waals surface area contributed by atoms with E-state index in [4.69, 9.17) is 9.97 Å². The average Bonchev–Trinajstić information content (AvgIpc) is 3.60. The molecule has 12 rings (SSSR count). The summed E-state index contributed by atoms with van der Waals surface area (Å²) >= 11 is 0. The van der Waals surface area contributed by atoms with Gasteiger partial charge in [-0.15, -0.1) is 0 Å². The van der Waals surface area contributed by atoms with Crippen LogP contribution in [0, 0.1) is 0 Å². The molecule has 0 bridgehead atoms. The summed E-state index contributed by atoms with van der Waals surface area (Å²) in [6.45, 7) is 4.71. The number of hydrogen-bond donors (Lipinski definition) is 1. The van der Waals surface area contributed by atoms with Gasteiger partial charge >= 0.3 is 0 Å². The first-order valence-electron chi connectivity index (χ1n) is 22.5. The van der Waals surface area contributed by atoms with Crippen LogP contribution in [0.5, 0.6) is 0 Å². The van der Waals surface area contributed by atoms with Crippen LogP contribution in [0.4, 0.5) is 5.69 Å². The zero-order valence-corrected chi connectivity index (χ0v) is 36.3. The van der Waals surface area contributed by atoms with Gasteiger partial charge in [0.15, 0.2) is 5.82 Å². The van der Waals surface area contributed by atoms with Crippen LogP contribution in [0.15, 0.2) is 224 Å². The summed E-state index contributed by atoms with van der Waals surface area (Å²) in [6, 6.07) is 78.5. The second kappa shape index (κ2) is 15.6. The molecular formula is C62H45N3. The minimum atomic E-state index is -0.137. The Bertz CT molecular complexity index is 3480. The zero-order valence-electron chi connectivity index (χ0n) is 36.3. The molecule has 0 fully saturated rings. The summed E-state index contributed by atoms with van der Waals surface area (Å²) in [5, 5.41) is 6.28. The molecule has 308 valence electrons. The molecule has 65 heavy (non-hydrogen) atoms. The van der Waals surface area contributed by atoms with Crippen LogP contribution >= 0.6 is 0 Å². The Morgan fingerprint density at radius 1 is 0.400 bits per heavy atom. The van der Waals surface area contributed by atoms with E-state index in [1.165, 1.54) is 55.6 Å². The average molecular weight is 832 g/mol. The van der Waals surface area contributed by atoms with E-state index in [9.17, 15) is 0 Å². The number of benzene rings is 9.